The van der Waals surface area contributed by atoms with Gasteiger partial charge in [-0.1, -0.05) is 72.3 Å². The second-order valence-corrected chi connectivity index (χ2v) is 10.1. The van der Waals surface area contributed by atoms with Crippen LogP contribution in [-0.4, -0.2) is 31.2 Å². The van der Waals surface area contributed by atoms with E-state index >= 15 is 0 Å². The predicted molar refractivity (Wildman–Crippen MR) is 128 cm³/mol. The Morgan fingerprint density at radius 1 is 0.906 bits per heavy atom. The predicted octanol–water partition coefficient (Wildman–Crippen LogP) is 4.67. The third-order valence-electron chi connectivity index (χ3n) is 5.09. The van der Waals surface area contributed by atoms with Crippen LogP contribution in [0.4, 0.5) is 0 Å². The van der Waals surface area contributed by atoms with Crippen LogP contribution < -0.4 is 5.32 Å². The summed E-state index contributed by atoms with van der Waals surface area (Å²) in [5.41, 5.74) is 2.00. The van der Waals surface area contributed by atoms with Crippen LogP contribution in [-0.2, 0) is 27.8 Å². The molecule has 0 aliphatic heterocycles. The molecular formula is C25H27ClN2O3S. The van der Waals surface area contributed by atoms with Crippen molar-refractivity contribution in [3.05, 3.63) is 101 Å². The highest BCUT2D eigenvalue weighted by atomic mass is 35.5. The van der Waals surface area contributed by atoms with E-state index in [4.69, 9.17) is 11.6 Å². The third kappa shape index (κ3) is 6.92. The summed E-state index contributed by atoms with van der Waals surface area (Å²) in [6.45, 7) is 1.75. The van der Waals surface area contributed by atoms with Gasteiger partial charge in [0.15, 0.2) is 0 Å². The van der Waals surface area contributed by atoms with Crippen molar-refractivity contribution in [3.8, 4) is 0 Å². The van der Waals surface area contributed by atoms with Gasteiger partial charge >= 0.3 is 0 Å². The van der Waals surface area contributed by atoms with Gasteiger partial charge in [0.1, 0.15) is 0 Å². The number of hydrogen-bond donors (Lipinski definition) is 1. The van der Waals surface area contributed by atoms with Crippen LogP contribution in [0, 0.1) is 0 Å². The number of hydrogen-bond acceptors (Lipinski definition) is 3. The fraction of sp³-hybridized carbons (Fsp3) is 0.240. The van der Waals surface area contributed by atoms with E-state index in [9.17, 15) is 13.2 Å². The first kappa shape index (κ1) is 24.0. The van der Waals surface area contributed by atoms with E-state index in [1.165, 1.54) is 34.1 Å². The molecule has 32 heavy (non-hydrogen) atoms. The lowest BCUT2D eigenvalue weighted by molar-refractivity contribution is -0.122. The lowest BCUT2D eigenvalue weighted by atomic mass is 10.1. The van der Waals surface area contributed by atoms with Crippen molar-refractivity contribution in [2.45, 2.75) is 37.2 Å². The Labute approximate surface area is 195 Å². The Hall–Kier alpha value is -2.67. The van der Waals surface area contributed by atoms with E-state index < -0.39 is 10.0 Å². The highest BCUT2D eigenvalue weighted by Gasteiger charge is 2.27. The molecule has 0 fully saturated rings. The molecule has 0 unspecified atom stereocenters. The van der Waals surface area contributed by atoms with Gasteiger partial charge < -0.3 is 5.32 Å². The Bertz CT molecular complexity index is 1100. The number of carbonyl (C=O) groups is 1. The van der Waals surface area contributed by atoms with E-state index in [-0.39, 0.29) is 29.9 Å². The van der Waals surface area contributed by atoms with E-state index in [1.807, 2.05) is 55.5 Å². The van der Waals surface area contributed by atoms with Crippen LogP contribution >= 0.6 is 11.6 Å². The van der Waals surface area contributed by atoms with E-state index in [0.29, 0.717) is 5.02 Å². The molecule has 3 rings (SSSR count). The van der Waals surface area contributed by atoms with Crippen LogP contribution in [0.25, 0.3) is 0 Å². The molecule has 0 bridgehead atoms. The average molecular weight is 471 g/mol. The number of halogens is 1. The van der Waals surface area contributed by atoms with E-state index in [0.717, 1.165) is 18.4 Å². The molecule has 0 spiro atoms. The van der Waals surface area contributed by atoms with Crippen molar-refractivity contribution in [2.75, 3.05) is 6.54 Å². The summed E-state index contributed by atoms with van der Waals surface area (Å²) in [5, 5.41) is 3.38. The van der Waals surface area contributed by atoms with Gasteiger partial charge in [-0.2, -0.15) is 4.31 Å². The number of carbonyl (C=O) groups excluding carboxylic acids is 1. The topological polar surface area (TPSA) is 66.5 Å². The number of nitrogens with zero attached hydrogens (tertiary/aromatic N) is 1. The molecule has 0 aliphatic carbocycles. The molecule has 0 heterocycles. The third-order valence-corrected chi connectivity index (χ3v) is 7.15. The van der Waals surface area contributed by atoms with Crippen LogP contribution in [0.1, 0.15) is 24.5 Å². The molecule has 5 nitrogen and oxygen atoms in total. The number of amides is 1. The van der Waals surface area contributed by atoms with Crippen LogP contribution in [0.3, 0.4) is 0 Å². The maximum atomic E-state index is 13.3. The van der Waals surface area contributed by atoms with Crippen molar-refractivity contribution < 1.29 is 13.2 Å². The van der Waals surface area contributed by atoms with Crippen molar-refractivity contribution in [1.82, 2.24) is 9.62 Å². The zero-order chi connectivity index (χ0) is 23.0. The van der Waals surface area contributed by atoms with Crippen LogP contribution in [0.5, 0.6) is 0 Å². The smallest absolute Gasteiger partial charge is 0.243 e. The van der Waals surface area contributed by atoms with Gasteiger partial charge in [0.25, 0.3) is 0 Å². The molecular weight excluding hydrogens is 444 g/mol. The van der Waals surface area contributed by atoms with Crippen LogP contribution in [0.2, 0.25) is 5.02 Å². The standard InChI is InChI=1S/C25H27ClN2O3S/c1-20(12-13-21-8-4-2-5-9-21)27-25(29)19-28(18-22-10-6-3-7-11-22)32(30,31)24-16-14-23(26)15-17-24/h2-11,14-17,20H,12-13,18-19H2,1H3,(H,27,29)/t20-/m1/s1. The normalized spacial score (nSPS) is 12.5. The minimum atomic E-state index is -3.89. The fourth-order valence-electron chi connectivity index (χ4n) is 3.35. The zero-order valence-corrected chi connectivity index (χ0v) is 19.5. The molecule has 0 radical (unpaired) electrons. The van der Waals surface area contributed by atoms with Gasteiger partial charge in [-0.25, -0.2) is 8.42 Å². The van der Waals surface area contributed by atoms with Crippen molar-refractivity contribution in [2.24, 2.45) is 0 Å². The molecule has 168 valence electrons. The first-order valence-corrected chi connectivity index (χ1v) is 12.3. The Morgan fingerprint density at radius 3 is 2.06 bits per heavy atom. The molecule has 7 heteroatoms. The van der Waals surface area contributed by atoms with Gasteiger partial charge in [-0.15, -0.1) is 0 Å². The van der Waals surface area contributed by atoms with Crippen molar-refractivity contribution >= 4 is 27.5 Å². The Morgan fingerprint density at radius 2 is 1.47 bits per heavy atom. The first-order valence-electron chi connectivity index (χ1n) is 10.5. The lowest BCUT2D eigenvalue weighted by Crippen LogP contribution is -2.43. The summed E-state index contributed by atoms with van der Waals surface area (Å²) < 4.78 is 27.8. The fourth-order valence-corrected chi connectivity index (χ4v) is 4.86. The lowest BCUT2D eigenvalue weighted by Gasteiger charge is -2.23. The maximum absolute atomic E-state index is 13.3. The second-order valence-electron chi connectivity index (χ2n) is 7.71. The second kappa shape index (κ2) is 11.3. The summed E-state index contributed by atoms with van der Waals surface area (Å²) in [5.74, 6) is -0.334. The van der Waals surface area contributed by atoms with Gasteiger partial charge in [0.2, 0.25) is 15.9 Å². The molecule has 1 amide bonds. The Kier molecular flexibility index (Phi) is 8.45. The maximum Gasteiger partial charge on any atom is 0.243 e. The van der Waals surface area contributed by atoms with Crippen molar-refractivity contribution in [1.29, 1.82) is 0 Å². The summed E-state index contributed by atoms with van der Waals surface area (Å²) in [4.78, 5) is 12.9. The highest BCUT2D eigenvalue weighted by Crippen LogP contribution is 2.20. The number of aryl methyl sites for hydroxylation is 1. The summed E-state index contributed by atoms with van der Waals surface area (Å²) in [7, 11) is -3.89. The van der Waals surface area contributed by atoms with E-state index in [1.54, 1.807) is 0 Å². The minimum absolute atomic E-state index is 0.0838. The molecule has 0 aromatic heterocycles. The van der Waals surface area contributed by atoms with Crippen LogP contribution in [0.15, 0.2) is 89.8 Å². The number of rotatable bonds is 10. The number of benzene rings is 3. The quantitative estimate of drug-likeness (QED) is 0.468. The van der Waals surface area contributed by atoms with E-state index in [2.05, 4.69) is 17.4 Å². The molecule has 3 aromatic carbocycles. The highest BCUT2D eigenvalue weighted by molar-refractivity contribution is 7.89. The molecule has 0 aliphatic rings. The summed E-state index contributed by atoms with van der Waals surface area (Å²) in [6.07, 6.45) is 1.59. The van der Waals surface area contributed by atoms with Crippen molar-refractivity contribution in [3.63, 3.8) is 0 Å². The zero-order valence-electron chi connectivity index (χ0n) is 17.9. The van der Waals surface area contributed by atoms with Gasteiger partial charge in [-0.3, -0.25) is 4.79 Å². The largest absolute Gasteiger partial charge is 0.352 e. The van der Waals surface area contributed by atoms with Gasteiger partial charge in [0, 0.05) is 17.6 Å². The summed E-state index contributed by atoms with van der Waals surface area (Å²) in [6, 6.07) is 25.2. The molecule has 0 saturated heterocycles. The Balaban J connectivity index is 1.70. The molecule has 3 aromatic rings. The SMILES string of the molecule is C[C@H](CCc1ccccc1)NC(=O)CN(Cc1ccccc1)S(=O)(=O)c1ccc(Cl)cc1. The first-order chi connectivity index (χ1) is 15.3. The molecule has 1 N–H and O–H groups in total. The number of sulfonamides is 1. The minimum Gasteiger partial charge on any atom is -0.352 e. The summed E-state index contributed by atoms with van der Waals surface area (Å²) >= 11 is 5.91. The molecule has 0 saturated carbocycles. The van der Waals surface area contributed by atoms with Gasteiger partial charge in [-0.05, 0) is 55.2 Å². The monoisotopic (exact) mass is 470 g/mol. The average Bonchev–Trinajstić information content (AvgIpc) is 2.79. The van der Waals surface area contributed by atoms with Gasteiger partial charge in [0.05, 0.1) is 11.4 Å². The molecule has 1 atom stereocenters. The number of nitrogens with one attached hydrogen (secondary N) is 1.